The van der Waals surface area contributed by atoms with E-state index in [1.165, 1.54) is 4.57 Å². The van der Waals surface area contributed by atoms with E-state index in [9.17, 15) is 14.7 Å². The first-order chi connectivity index (χ1) is 11.9. The summed E-state index contributed by atoms with van der Waals surface area (Å²) in [6.07, 6.45) is -0.170. The van der Waals surface area contributed by atoms with E-state index in [1.54, 1.807) is 56.5 Å². The fourth-order valence-corrected chi connectivity index (χ4v) is 3.07. The van der Waals surface area contributed by atoms with Crippen LogP contribution < -0.4 is 4.74 Å². The Bertz CT molecular complexity index is 990. The second-order valence-electron chi connectivity index (χ2n) is 5.67. The van der Waals surface area contributed by atoms with Crippen molar-refractivity contribution in [1.82, 2.24) is 4.57 Å². The van der Waals surface area contributed by atoms with Crippen molar-refractivity contribution < 1.29 is 22.3 Å². The van der Waals surface area contributed by atoms with Gasteiger partial charge in [-0.05, 0) is 55.0 Å². The van der Waals surface area contributed by atoms with Crippen molar-refractivity contribution >= 4 is 79.9 Å². The van der Waals surface area contributed by atoms with Crippen LogP contribution in [0.5, 0.6) is 5.75 Å². The first-order valence-corrected chi connectivity index (χ1v) is 8.00. The molecule has 1 N–H and O–H groups in total. The molecule has 0 aliphatic heterocycles. The molecule has 0 aliphatic carbocycles. The number of halogens is 1. The number of nitrogens with zero attached hydrogens (tertiary/aromatic N) is 1. The molecule has 3 rings (SSSR count). The van der Waals surface area contributed by atoms with Crippen molar-refractivity contribution in [1.29, 1.82) is 0 Å². The van der Waals surface area contributed by atoms with Crippen molar-refractivity contribution in [2.24, 2.45) is 0 Å². The Kier molecular flexibility index (Phi) is 6.93. The van der Waals surface area contributed by atoms with Crippen LogP contribution in [0.15, 0.2) is 42.5 Å². The number of rotatable bonds is 4. The predicted molar refractivity (Wildman–Crippen MR) is 104 cm³/mol. The Balaban J connectivity index is 0.00000243. The molecule has 0 saturated carbocycles. The smallest absolute Gasteiger partial charge is 1.00 e. The van der Waals surface area contributed by atoms with E-state index in [0.717, 1.165) is 0 Å². The number of benzene rings is 2. The van der Waals surface area contributed by atoms with E-state index < -0.39 is 5.97 Å². The summed E-state index contributed by atoms with van der Waals surface area (Å²) in [4.78, 5) is 24.3. The van der Waals surface area contributed by atoms with Crippen LogP contribution in [0.1, 0.15) is 24.5 Å². The van der Waals surface area contributed by atoms with Crippen molar-refractivity contribution in [3.63, 3.8) is 0 Å². The quantitative estimate of drug-likeness (QED) is 0.619. The summed E-state index contributed by atoms with van der Waals surface area (Å²) >= 11 is 5.89. The SMILES string of the molecule is COc1ccc2c(c1)c(CC(=O)O)c(C)n2C(=O)c1ccc(Cl)cc1.[H-].[H-].[Sr+2]. The number of carboxylic acids is 1. The summed E-state index contributed by atoms with van der Waals surface area (Å²) in [5.41, 5.74) is 2.32. The molecule has 0 saturated heterocycles. The molecule has 0 amide bonds. The molecule has 0 unspecified atom stereocenters. The molecule has 1 heterocycles. The third-order valence-electron chi connectivity index (χ3n) is 4.16. The fourth-order valence-electron chi connectivity index (χ4n) is 2.95. The molecular formula is C19H18ClNO4Sr. The van der Waals surface area contributed by atoms with Crippen molar-refractivity contribution in [3.8, 4) is 5.75 Å². The maximum absolute atomic E-state index is 13.0. The van der Waals surface area contributed by atoms with E-state index in [-0.39, 0.29) is 60.7 Å². The number of aliphatic carboxylic acids is 1. The number of carbonyl (C=O) groups is 2. The molecule has 3 aromatic rings. The second-order valence-corrected chi connectivity index (χ2v) is 6.10. The van der Waals surface area contributed by atoms with Gasteiger partial charge in [-0.2, -0.15) is 0 Å². The van der Waals surface area contributed by atoms with Crippen LogP contribution in [0.2, 0.25) is 5.02 Å². The van der Waals surface area contributed by atoms with E-state index in [1.807, 2.05) is 0 Å². The van der Waals surface area contributed by atoms with Gasteiger partial charge in [0.15, 0.2) is 0 Å². The third-order valence-corrected chi connectivity index (χ3v) is 4.42. The van der Waals surface area contributed by atoms with Crippen molar-refractivity contribution in [2.45, 2.75) is 13.3 Å². The van der Waals surface area contributed by atoms with Crippen molar-refractivity contribution in [3.05, 3.63) is 64.3 Å². The minimum atomic E-state index is -0.955. The molecule has 5 nitrogen and oxygen atoms in total. The first-order valence-electron chi connectivity index (χ1n) is 7.62. The Morgan fingerprint density at radius 3 is 2.42 bits per heavy atom. The Morgan fingerprint density at radius 1 is 1.19 bits per heavy atom. The van der Waals surface area contributed by atoms with E-state index in [4.69, 9.17) is 16.3 Å². The van der Waals surface area contributed by atoms with Gasteiger partial charge in [0.05, 0.1) is 19.0 Å². The second kappa shape index (κ2) is 8.59. The van der Waals surface area contributed by atoms with Gasteiger partial charge in [-0.15, -0.1) is 0 Å². The standard InChI is InChI=1S/C19H16ClNO4.Sr.2H/c1-11-15(10-18(22)23)16-9-14(25-2)7-8-17(16)21(11)19(24)12-3-5-13(20)6-4-12;;;/h3-9H,10H2,1-2H3,(H,22,23);;;/q;+2;2*-1. The monoisotopic (exact) mass is 447 g/mol. The van der Waals surface area contributed by atoms with Crippen LogP contribution >= 0.6 is 11.6 Å². The topological polar surface area (TPSA) is 68.5 Å². The first kappa shape index (κ1) is 21.0. The molecule has 0 fully saturated rings. The van der Waals surface area contributed by atoms with Crippen LogP contribution in [0.4, 0.5) is 0 Å². The summed E-state index contributed by atoms with van der Waals surface area (Å²) in [7, 11) is 1.54. The van der Waals surface area contributed by atoms with E-state index >= 15 is 0 Å². The zero-order valence-electron chi connectivity index (χ0n) is 16.5. The molecule has 7 heteroatoms. The molecule has 0 spiro atoms. The van der Waals surface area contributed by atoms with Gasteiger partial charge in [-0.1, -0.05) is 11.6 Å². The van der Waals surface area contributed by atoms with Crippen LogP contribution in [0.3, 0.4) is 0 Å². The number of methoxy groups -OCH3 is 1. The number of carbonyl (C=O) groups excluding carboxylic acids is 1. The molecule has 0 atom stereocenters. The molecule has 2 aromatic carbocycles. The van der Waals surface area contributed by atoms with E-state index in [0.29, 0.717) is 38.5 Å². The largest absolute Gasteiger partial charge is 2.00 e. The van der Waals surface area contributed by atoms with E-state index in [2.05, 4.69) is 0 Å². The van der Waals surface area contributed by atoms with Gasteiger partial charge in [0.25, 0.3) is 5.91 Å². The van der Waals surface area contributed by atoms with Gasteiger partial charge in [0, 0.05) is 21.7 Å². The van der Waals surface area contributed by atoms with Gasteiger partial charge in [-0.25, -0.2) is 0 Å². The number of ether oxygens (including phenoxy) is 1. The molecule has 0 aliphatic rings. The van der Waals surface area contributed by atoms with Gasteiger partial charge in [0.2, 0.25) is 0 Å². The molecule has 0 radical (unpaired) electrons. The van der Waals surface area contributed by atoms with Crippen LogP contribution in [-0.2, 0) is 11.2 Å². The van der Waals surface area contributed by atoms with Crippen LogP contribution in [0.25, 0.3) is 10.9 Å². The van der Waals surface area contributed by atoms with Crippen LogP contribution in [0, 0.1) is 6.92 Å². The Morgan fingerprint density at radius 2 is 1.85 bits per heavy atom. The molecule has 0 bridgehead atoms. The average molecular weight is 447 g/mol. The minimum absolute atomic E-state index is 0. The summed E-state index contributed by atoms with van der Waals surface area (Å²) in [5, 5.41) is 10.5. The normalized spacial score (nSPS) is 10.4. The third kappa shape index (κ3) is 4.00. The Labute approximate surface area is 195 Å². The molecule has 132 valence electrons. The van der Waals surface area contributed by atoms with Gasteiger partial charge in [0.1, 0.15) is 5.75 Å². The number of hydrogen-bond acceptors (Lipinski definition) is 3. The van der Waals surface area contributed by atoms with Crippen LogP contribution in [-0.4, -0.2) is 74.1 Å². The predicted octanol–water partition coefficient (Wildman–Crippen LogP) is 3.77. The van der Waals surface area contributed by atoms with Crippen molar-refractivity contribution in [2.75, 3.05) is 7.11 Å². The summed E-state index contributed by atoms with van der Waals surface area (Å²) < 4.78 is 6.77. The van der Waals surface area contributed by atoms with Gasteiger partial charge >= 0.3 is 51.5 Å². The van der Waals surface area contributed by atoms with Gasteiger partial charge < -0.3 is 12.7 Å². The summed E-state index contributed by atoms with van der Waals surface area (Å²) in [6, 6.07) is 11.9. The fraction of sp³-hybridized carbons (Fsp3) is 0.158. The summed E-state index contributed by atoms with van der Waals surface area (Å²) in [5.74, 6) is -0.583. The number of aromatic nitrogens is 1. The zero-order valence-corrected chi connectivity index (χ0v) is 18.7. The minimum Gasteiger partial charge on any atom is -1.00 e. The van der Waals surface area contributed by atoms with Gasteiger partial charge in [-0.3, -0.25) is 14.2 Å². The maximum atomic E-state index is 13.0. The molecular weight excluding hydrogens is 429 g/mol. The number of carboxylic acid groups (broad SMARTS) is 1. The number of fused-ring (bicyclic) bond motifs is 1. The number of hydrogen-bond donors (Lipinski definition) is 1. The zero-order chi connectivity index (χ0) is 18.1. The maximum Gasteiger partial charge on any atom is 2.00 e. The average Bonchev–Trinajstić information content (AvgIpc) is 2.86. The Hall–Kier alpha value is -1.31. The summed E-state index contributed by atoms with van der Waals surface area (Å²) in [6.45, 7) is 1.75. The molecule has 26 heavy (non-hydrogen) atoms. The molecule has 1 aromatic heterocycles.